The van der Waals surface area contributed by atoms with E-state index in [4.69, 9.17) is 21.0 Å². The van der Waals surface area contributed by atoms with Crippen molar-refractivity contribution in [3.05, 3.63) is 0 Å². The zero-order valence-electron chi connectivity index (χ0n) is 7.38. The molecular formula is C7H15N3O3. The van der Waals surface area contributed by atoms with Crippen molar-refractivity contribution in [2.45, 2.75) is 12.8 Å². The Morgan fingerprint density at radius 1 is 1.54 bits per heavy atom. The Kier molecular flexibility index (Phi) is 6.62. The predicted octanol–water partition coefficient (Wildman–Crippen LogP) is -0.649. The molecule has 6 heteroatoms. The number of nitrogens with two attached hydrogens (primary N) is 1. The van der Waals surface area contributed by atoms with Gasteiger partial charge in [-0.15, -0.1) is 0 Å². The molecule has 0 atom stereocenters. The Morgan fingerprint density at radius 3 is 2.77 bits per heavy atom. The van der Waals surface area contributed by atoms with Gasteiger partial charge in [0.25, 0.3) is 0 Å². The standard InChI is InChI=1S/C7H15N3O3/c8-7(9)10-3-5-13-4-1-2-6(11)12/h1-5H2,(H,11,12)(H4,8,9,10). The fraction of sp³-hybridized carbons (Fsp3) is 0.714. The first-order valence-electron chi connectivity index (χ1n) is 4.00. The highest BCUT2D eigenvalue weighted by Crippen LogP contribution is 1.88. The van der Waals surface area contributed by atoms with Crippen LogP contribution in [0.4, 0.5) is 0 Å². The summed E-state index contributed by atoms with van der Waals surface area (Å²) in [5.41, 5.74) is 5.01. The van der Waals surface area contributed by atoms with Gasteiger partial charge in [-0.2, -0.15) is 0 Å². The van der Waals surface area contributed by atoms with E-state index in [-0.39, 0.29) is 12.4 Å². The van der Waals surface area contributed by atoms with Gasteiger partial charge in [-0.05, 0) is 6.42 Å². The zero-order chi connectivity index (χ0) is 10.1. The van der Waals surface area contributed by atoms with Crippen LogP contribution < -0.4 is 11.1 Å². The van der Waals surface area contributed by atoms with Gasteiger partial charge in [0.1, 0.15) is 0 Å². The molecule has 0 aromatic carbocycles. The van der Waals surface area contributed by atoms with E-state index in [2.05, 4.69) is 5.32 Å². The first-order valence-corrected chi connectivity index (χ1v) is 4.00. The molecule has 0 heterocycles. The number of ether oxygens (including phenoxy) is 1. The first kappa shape index (κ1) is 11.7. The van der Waals surface area contributed by atoms with Gasteiger partial charge < -0.3 is 20.9 Å². The number of nitrogens with one attached hydrogen (secondary N) is 2. The van der Waals surface area contributed by atoms with E-state index in [1.807, 2.05) is 0 Å². The summed E-state index contributed by atoms with van der Waals surface area (Å²) in [7, 11) is 0. The predicted molar refractivity (Wildman–Crippen MR) is 47.6 cm³/mol. The van der Waals surface area contributed by atoms with Crippen LogP contribution in [0.5, 0.6) is 0 Å². The van der Waals surface area contributed by atoms with E-state index in [9.17, 15) is 4.79 Å². The normalized spacial score (nSPS) is 9.54. The van der Waals surface area contributed by atoms with Crippen LogP contribution in [0.1, 0.15) is 12.8 Å². The largest absolute Gasteiger partial charge is 0.481 e. The molecule has 0 amide bonds. The summed E-state index contributed by atoms with van der Waals surface area (Å²) in [5, 5.41) is 17.6. The molecule has 5 N–H and O–H groups in total. The van der Waals surface area contributed by atoms with Crippen LogP contribution >= 0.6 is 0 Å². The maximum absolute atomic E-state index is 10.1. The van der Waals surface area contributed by atoms with Crippen LogP contribution in [0.2, 0.25) is 0 Å². The number of carboxylic acid groups (broad SMARTS) is 1. The zero-order valence-corrected chi connectivity index (χ0v) is 7.38. The Bertz CT molecular complexity index is 154. The lowest BCUT2D eigenvalue weighted by molar-refractivity contribution is -0.137. The summed E-state index contributed by atoms with van der Waals surface area (Å²) < 4.78 is 5.06. The number of hydrogen-bond donors (Lipinski definition) is 4. The Balaban J connectivity index is 3.00. The highest BCUT2D eigenvalue weighted by Gasteiger charge is 1.95. The number of guanidine groups is 1. The Labute approximate surface area is 76.6 Å². The molecule has 0 radical (unpaired) electrons. The second kappa shape index (κ2) is 7.35. The molecule has 76 valence electrons. The molecule has 0 aliphatic rings. The number of hydrogen-bond acceptors (Lipinski definition) is 3. The van der Waals surface area contributed by atoms with Gasteiger partial charge in [0.15, 0.2) is 5.96 Å². The van der Waals surface area contributed by atoms with Gasteiger partial charge in [-0.1, -0.05) is 0 Å². The maximum Gasteiger partial charge on any atom is 0.303 e. The monoisotopic (exact) mass is 189 g/mol. The van der Waals surface area contributed by atoms with Crippen LogP contribution in [0.3, 0.4) is 0 Å². The van der Waals surface area contributed by atoms with E-state index < -0.39 is 5.97 Å². The second-order valence-electron chi connectivity index (χ2n) is 2.45. The molecule has 0 spiro atoms. The number of aliphatic carboxylic acids is 1. The van der Waals surface area contributed by atoms with Crippen molar-refractivity contribution >= 4 is 11.9 Å². The van der Waals surface area contributed by atoms with E-state index >= 15 is 0 Å². The maximum atomic E-state index is 10.1. The summed E-state index contributed by atoms with van der Waals surface area (Å²) in [6.07, 6.45) is 0.634. The lowest BCUT2D eigenvalue weighted by atomic mass is 10.3. The molecule has 0 aromatic rings. The molecule has 0 aliphatic carbocycles. The van der Waals surface area contributed by atoms with E-state index in [1.54, 1.807) is 0 Å². The quantitative estimate of drug-likeness (QED) is 0.242. The third-order valence-corrected chi connectivity index (χ3v) is 1.24. The van der Waals surface area contributed by atoms with Gasteiger partial charge in [-0.25, -0.2) is 0 Å². The van der Waals surface area contributed by atoms with Crippen molar-refractivity contribution in [2.24, 2.45) is 5.73 Å². The van der Waals surface area contributed by atoms with Crippen LogP contribution in [0.25, 0.3) is 0 Å². The molecule has 0 aromatic heterocycles. The third-order valence-electron chi connectivity index (χ3n) is 1.24. The summed E-state index contributed by atoms with van der Waals surface area (Å²) in [4.78, 5) is 10.1. The highest BCUT2D eigenvalue weighted by atomic mass is 16.5. The van der Waals surface area contributed by atoms with Crippen molar-refractivity contribution in [3.8, 4) is 0 Å². The molecule has 6 nitrogen and oxygen atoms in total. The van der Waals surface area contributed by atoms with Crippen molar-refractivity contribution in [1.82, 2.24) is 5.32 Å². The third kappa shape index (κ3) is 10.7. The summed E-state index contributed by atoms with van der Waals surface area (Å²) in [6.45, 7) is 1.33. The Hall–Kier alpha value is -1.30. The van der Waals surface area contributed by atoms with Gasteiger partial charge in [0, 0.05) is 19.6 Å². The molecular weight excluding hydrogens is 174 g/mol. The minimum atomic E-state index is -0.814. The van der Waals surface area contributed by atoms with Crippen LogP contribution in [0.15, 0.2) is 0 Å². The van der Waals surface area contributed by atoms with E-state index in [0.29, 0.717) is 26.2 Å². The molecule has 0 rings (SSSR count). The van der Waals surface area contributed by atoms with Gasteiger partial charge in [0.05, 0.1) is 6.61 Å². The van der Waals surface area contributed by atoms with E-state index in [0.717, 1.165) is 0 Å². The average Bonchev–Trinajstić information content (AvgIpc) is 2.01. The van der Waals surface area contributed by atoms with Gasteiger partial charge in [0.2, 0.25) is 0 Å². The number of rotatable bonds is 7. The van der Waals surface area contributed by atoms with Gasteiger partial charge in [-0.3, -0.25) is 10.2 Å². The fourth-order valence-corrected chi connectivity index (χ4v) is 0.685. The fourth-order valence-electron chi connectivity index (χ4n) is 0.685. The van der Waals surface area contributed by atoms with E-state index in [1.165, 1.54) is 0 Å². The Morgan fingerprint density at radius 2 is 2.23 bits per heavy atom. The first-order chi connectivity index (χ1) is 6.13. The van der Waals surface area contributed by atoms with Crippen LogP contribution in [-0.2, 0) is 9.53 Å². The lowest BCUT2D eigenvalue weighted by Crippen LogP contribution is -2.32. The topological polar surface area (TPSA) is 108 Å². The minimum absolute atomic E-state index is 0.0888. The van der Waals surface area contributed by atoms with Crippen molar-refractivity contribution in [3.63, 3.8) is 0 Å². The summed E-state index contributed by atoms with van der Waals surface area (Å²) >= 11 is 0. The van der Waals surface area contributed by atoms with Crippen LogP contribution in [0, 0.1) is 5.41 Å². The second-order valence-corrected chi connectivity index (χ2v) is 2.45. The van der Waals surface area contributed by atoms with Crippen LogP contribution in [-0.4, -0.2) is 36.8 Å². The molecule has 0 fully saturated rings. The summed E-state index contributed by atoms with van der Waals surface area (Å²) in [6, 6.07) is 0. The highest BCUT2D eigenvalue weighted by molar-refractivity contribution is 5.74. The smallest absolute Gasteiger partial charge is 0.303 e. The van der Waals surface area contributed by atoms with Crippen molar-refractivity contribution in [1.29, 1.82) is 5.41 Å². The molecule has 0 aliphatic heterocycles. The molecule has 0 bridgehead atoms. The lowest BCUT2D eigenvalue weighted by Gasteiger charge is -2.04. The molecule has 13 heavy (non-hydrogen) atoms. The number of carboxylic acids is 1. The van der Waals surface area contributed by atoms with Crippen molar-refractivity contribution < 1.29 is 14.6 Å². The summed E-state index contributed by atoms with van der Waals surface area (Å²) in [5.74, 6) is -0.903. The molecule has 0 unspecified atom stereocenters. The average molecular weight is 189 g/mol. The van der Waals surface area contributed by atoms with Gasteiger partial charge >= 0.3 is 5.97 Å². The van der Waals surface area contributed by atoms with Crippen molar-refractivity contribution in [2.75, 3.05) is 19.8 Å². The molecule has 0 saturated heterocycles. The molecule has 0 saturated carbocycles. The minimum Gasteiger partial charge on any atom is -0.481 e. The number of carbonyl (C=O) groups is 1. The SMILES string of the molecule is N=C(N)NCCOCCCC(=O)O.